The highest BCUT2D eigenvalue weighted by molar-refractivity contribution is 6.07. The summed E-state index contributed by atoms with van der Waals surface area (Å²) in [7, 11) is 0. The molecule has 0 aromatic heterocycles. The highest BCUT2D eigenvalue weighted by atomic mass is 16.2. The first-order valence-electron chi connectivity index (χ1n) is 9.29. The molecule has 2 saturated carbocycles. The van der Waals surface area contributed by atoms with Gasteiger partial charge >= 0.3 is 12.1 Å². The zero-order valence-corrected chi connectivity index (χ0v) is 14.2. The van der Waals surface area contributed by atoms with Crippen molar-refractivity contribution < 1.29 is 14.4 Å². The van der Waals surface area contributed by atoms with Gasteiger partial charge in [-0.15, -0.1) is 0 Å². The highest BCUT2D eigenvalue weighted by Gasteiger charge is 2.51. The predicted octanol–water partition coefficient (Wildman–Crippen LogP) is 1.87. The lowest BCUT2D eigenvalue weighted by Crippen LogP contribution is -2.44. The number of nitrogens with one attached hydrogen (secondary N) is 3. The summed E-state index contributed by atoms with van der Waals surface area (Å²) in [6.07, 6.45) is 9.77. The molecule has 1 saturated heterocycles. The van der Waals surface area contributed by atoms with Gasteiger partial charge in [-0.3, -0.25) is 9.69 Å². The van der Waals surface area contributed by atoms with E-state index in [1.54, 1.807) is 0 Å². The lowest BCUT2D eigenvalue weighted by atomic mass is 9.96. The highest BCUT2D eigenvalue weighted by Crippen LogP contribution is 2.34. The predicted molar refractivity (Wildman–Crippen MR) is 89.5 cm³/mol. The van der Waals surface area contributed by atoms with E-state index in [-0.39, 0.29) is 24.0 Å². The summed E-state index contributed by atoms with van der Waals surface area (Å²) in [5.74, 6) is -0.0864. The summed E-state index contributed by atoms with van der Waals surface area (Å²) >= 11 is 0. The minimum atomic E-state index is -0.636. The molecule has 1 heterocycles. The van der Waals surface area contributed by atoms with E-state index in [2.05, 4.69) is 16.0 Å². The van der Waals surface area contributed by atoms with Gasteiger partial charge < -0.3 is 16.0 Å². The molecule has 134 valence electrons. The monoisotopic (exact) mass is 336 g/mol. The molecule has 0 aromatic rings. The Hall–Kier alpha value is -1.79. The minimum absolute atomic E-state index is 0.0864. The van der Waals surface area contributed by atoms with Crippen LogP contribution in [0.2, 0.25) is 0 Å². The van der Waals surface area contributed by atoms with E-state index < -0.39 is 5.54 Å². The molecule has 0 radical (unpaired) electrons. The molecule has 3 N–H and O–H groups in total. The van der Waals surface area contributed by atoms with Gasteiger partial charge in [-0.25, -0.2) is 9.59 Å². The summed E-state index contributed by atoms with van der Waals surface area (Å²) < 4.78 is 0. The number of nitrogens with zero attached hydrogens (tertiary/aromatic N) is 1. The molecule has 5 amide bonds. The maximum absolute atomic E-state index is 12.5. The SMILES string of the molecule is O=C(NCCCN1C(=O)NC2(CCCC2)C1=O)NC1CCCCC1. The summed E-state index contributed by atoms with van der Waals surface area (Å²) in [5.41, 5.74) is -0.636. The van der Waals surface area contributed by atoms with Crippen molar-refractivity contribution in [3.05, 3.63) is 0 Å². The lowest BCUT2D eigenvalue weighted by Gasteiger charge is -2.23. The number of carbonyl (C=O) groups excluding carboxylic acids is 3. The molecule has 3 fully saturated rings. The average Bonchev–Trinajstić information content (AvgIpc) is 3.12. The molecule has 7 heteroatoms. The second-order valence-corrected chi connectivity index (χ2v) is 7.26. The van der Waals surface area contributed by atoms with Gasteiger partial charge in [0, 0.05) is 19.1 Å². The Labute approximate surface area is 142 Å². The fourth-order valence-electron chi connectivity index (χ4n) is 4.12. The molecule has 2 aliphatic carbocycles. The quantitative estimate of drug-likeness (QED) is 0.529. The van der Waals surface area contributed by atoms with E-state index in [4.69, 9.17) is 0 Å². The molecule has 0 bridgehead atoms. The van der Waals surface area contributed by atoms with Crippen molar-refractivity contribution in [2.45, 2.75) is 75.8 Å². The van der Waals surface area contributed by atoms with Crippen LogP contribution in [0.5, 0.6) is 0 Å². The van der Waals surface area contributed by atoms with Gasteiger partial charge in [0.25, 0.3) is 5.91 Å². The maximum Gasteiger partial charge on any atom is 0.325 e. The van der Waals surface area contributed by atoms with Crippen LogP contribution in [0.15, 0.2) is 0 Å². The third kappa shape index (κ3) is 3.65. The Morgan fingerprint density at radius 2 is 1.83 bits per heavy atom. The summed E-state index contributed by atoms with van der Waals surface area (Å²) in [6.45, 7) is 0.818. The van der Waals surface area contributed by atoms with Crippen LogP contribution in [0.25, 0.3) is 0 Å². The van der Waals surface area contributed by atoms with Gasteiger partial charge in [-0.2, -0.15) is 0 Å². The van der Waals surface area contributed by atoms with Crippen LogP contribution in [-0.4, -0.2) is 47.5 Å². The molecule has 0 atom stereocenters. The van der Waals surface area contributed by atoms with Gasteiger partial charge in [-0.05, 0) is 32.1 Å². The maximum atomic E-state index is 12.5. The molecule has 7 nitrogen and oxygen atoms in total. The van der Waals surface area contributed by atoms with E-state index in [1.165, 1.54) is 24.2 Å². The number of rotatable bonds is 5. The Morgan fingerprint density at radius 1 is 1.12 bits per heavy atom. The van der Waals surface area contributed by atoms with Crippen molar-refractivity contribution in [3.8, 4) is 0 Å². The molecule has 3 aliphatic rings. The van der Waals surface area contributed by atoms with Crippen molar-refractivity contribution in [2.24, 2.45) is 0 Å². The Kier molecular flexibility index (Phi) is 5.26. The number of amides is 5. The average molecular weight is 336 g/mol. The van der Waals surface area contributed by atoms with E-state index in [0.717, 1.165) is 38.5 Å². The first-order valence-corrected chi connectivity index (χ1v) is 9.29. The van der Waals surface area contributed by atoms with Gasteiger partial charge in [0.1, 0.15) is 5.54 Å². The zero-order chi connectivity index (χ0) is 17.0. The first-order chi connectivity index (χ1) is 11.6. The van der Waals surface area contributed by atoms with Crippen molar-refractivity contribution >= 4 is 18.0 Å². The topological polar surface area (TPSA) is 90.5 Å². The molecule has 1 aliphatic heterocycles. The van der Waals surface area contributed by atoms with E-state index in [9.17, 15) is 14.4 Å². The van der Waals surface area contributed by atoms with Crippen molar-refractivity contribution in [3.63, 3.8) is 0 Å². The lowest BCUT2D eigenvalue weighted by molar-refractivity contribution is -0.131. The number of urea groups is 2. The zero-order valence-electron chi connectivity index (χ0n) is 14.2. The van der Waals surface area contributed by atoms with Gasteiger partial charge in [-0.1, -0.05) is 32.1 Å². The molecule has 0 aromatic carbocycles. The van der Waals surface area contributed by atoms with Crippen LogP contribution in [0, 0.1) is 0 Å². The number of carbonyl (C=O) groups is 3. The summed E-state index contributed by atoms with van der Waals surface area (Å²) in [5, 5.41) is 8.69. The van der Waals surface area contributed by atoms with E-state index in [0.29, 0.717) is 19.5 Å². The second-order valence-electron chi connectivity index (χ2n) is 7.26. The molecule has 0 unspecified atom stereocenters. The Balaban J connectivity index is 1.36. The van der Waals surface area contributed by atoms with Gasteiger partial charge in [0.15, 0.2) is 0 Å². The van der Waals surface area contributed by atoms with Crippen molar-refractivity contribution in [2.75, 3.05) is 13.1 Å². The number of hydrogen-bond donors (Lipinski definition) is 3. The summed E-state index contributed by atoms with van der Waals surface area (Å²) in [4.78, 5) is 37.7. The largest absolute Gasteiger partial charge is 0.338 e. The first kappa shape index (κ1) is 17.0. The molecule has 24 heavy (non-hydrogen) atoms. The Bertz CT molecular complexity index is 496. The molecule has 3 rings (SSSR count). The van der Waals surface area contributed by atoms with E-state index in [1.807, 2.05) is 0 Å². The second kappa shape index (κ2) is 7.40. The van der Waals surface area contributed by atoms with Crippen LogP contribution >= 0.6 is 0 Å². The molecular weight excluding hydrogens is 308 g/mol. The Morgan fingerprint density at radius 3 is 2.54 bits per heavy atom. The smallest absolute Gasteiger partial charge is 0.325 e. The normalized spacial score (nSPS) is 23.6. The number of hydrogen-bond acceptors (Lipinski definition) is 3. The van der Waals surface area contributed by atoms with Crippen molar-refractivity contribution in [1.29, 1.82) is 0 Å². The van der Waals surface area contributed by atoms with Crippen LogP contribution in [0.1, 0.15) is 64.2 Å². The number of imide groups is 1. The van der Waals surface area contributed by atoms with Gasteiger partial charge in [0.05, 0.1) is 0 Å². The standard InChI is InChI=1S/C17H28N4O3/c22-14-17(9-4-5-10-17)20-16(24)21(14)12-6-11-18-15(23)19-13-7-2-1-3-8-13/h13H,1-12H2,(H,20,24)(H2,18,19,23). The van der Waals surface area contributed by atoms with Crippen LogP contribution in [-0.2, 0) is 4.79 Å². The third-order valence-electron chi connectivity index (χ3n) is 5.49. The van der Waals surface area contributed by atoms with E-state index >= 15 is 0 Å². The van der Waals surface area contributed by atoms with Crippen LogP contribution in [0.3, 0.4) is 0 Å². The fourth-order valence-corrected chi connectivity index (χ4v) is 4.12. The minimum Gasteiger partial charge on any atom is -0.338 e. The fraction of sp³-hybridized carbons (Fsp3) is 0.824. The summed E-state index contributed by atoms with van der Waals surface area (Å²) in [6, 6.07) is -0.146. The van der Waals surface area contributed by atoms with Crippen molar-refractivity contribution in [1.82, 2.24) is 20.9 Å². The molecule has 1 spiro atoms. The molecular formula is C17H28N4O3. The van der Waals surface area contributed by atoms with Crippen LogP contribution in [0.4, 0.5) is 9.59 Å². The van der Waals surface area contributed by atoms with Crippen LogP contribution < -0.4 is 16.0 Å². The third-order valence-corrected chi connectivity index (χ3v) is 5.49. The van der Waals surface area contributed by atoms with Gasteiger partial charge in [0.2, 0.25) is 0 Å².